The Labute approximate surface area is 169 Å². The van der Waals surface area contributed by atoms with Crippen molar-refractivity contribution < 1.29 is 13.8 Å². The molecule has 5 nitrogen and oxygen atoms in total. The quantitative estimate of drug-likeness (QED) is 0.698. The lowest BCUT2D eigenvalue weighted by atomic mass is 9.86. The van der Waals surface area contributed by atoms with Gasteiger partial charge in [0, 0.05) is 42.9 Å². The molecule has 2 aliphatic heterocycles. The van der Waals surface area contributed by atoms with Crippen molar-refractivity contribution >= 4 is 28.4 Å². The zero-order chi connectivity index (χ0) is 20.0. The summed E-state index contributed by atoms with van der Waals surface area (Å²) in [5, 5.41) is 0. The van der Waals surface area contributed by atoms with E-state index in [0.717, 1.165) is 17.0 Å². The van der Waals surface area contributed by atoms with Gasteiger partial charge in [0.15, 0.2) is 5.60 Å². The molecule has 0 amide bonds. The second-order valence-corrected chi connectivity index (χ2v) is 13.3. The summed E-state index contributed by atoms with van der Waals surface area (Å²) >= 11 is -2.41. The molecule has 1 saturated heterocycles. The number of fused-ring (bicyclic) bond motifs is 1. The molecule has 1 aromatic rings. The van der Waals surface area contributed by atoms with Gasteiger partial charge in [-0.25, -0.2) is 0 Å². The van der Waals surface area contributed by atoms with Crippen molar-refractivity contribution in [2.75, 3.05) is 13.1 Å². The number of benzene rings is 1. The molecule has 1 fully saturated rings. The molecule has 2 heterocycles. The Morgan fingerprint density at radius 1 is 1.00 bits per heavy atom. The molecule has 2 atom stereocenters. The Morgan fingerprint density at radius 2 is 1.59 bits per heavy atom. The molecular weight excluding hydrogens is 380 g/mol. The molecule has 1 aromatic carbocycles. The highest BCUT2D eigenvalue weighted by Crippen LogP contribution is 2.43. The van der Waals surface area contributed by atoms with Crippen LogP contribution in [0.15, 0.2) is 28.7 Å². The number of piperidine rings is 1. The second kappa shape index (κ2) is 7.26. The second-order valence-electron chi connectivity index (χ2n) is 9.18. The van der Waals surface area contributed by atoms with E-state index >= 15 is 0 Å². The number of para-hydroxylation sites is 1. The van der Waals surface area contributed by atoms with Crippen molar-refractivity contribution in [3.05, 3.63) is 29.8 Å². The van der Waals surface area contributed by atoms with E-state index in [9.17, 15) is 9.11 Å². The minimum Gasteiger partial charge on any atom is -0.598 e. The molecule has 0 saturated carbocycles. The monoisotopic (exact) mass is 410 g/mol. The van der Waals surface area contributed by atoms with Gasteiger partial charge in [0.25, 0.3) is 0 Å². The third-order valence-corrected chi connectivity index (χ3v) is 8.14. The van der Waals surface area contributed by atoms with Crippen molar-refractivity contribution in [2.45, 2.75) is 69.5 Å². The maximum Gasteiger partial charge on any atom is 0.159 e. The number of ether oxygens (including phenoxy) is 1. The SMILES string of the molecule is CC(C)(C)[S+]([O-])N=C1c2ccccc2OC12CCN([S+]([O-])C(C)(C)C)CC2. The van der Waals surface area contributed by atoms with Crippen molar-refractivity contribution in [1.82, 2.24) is 4.31 Å². The van der Waals surface area contributed by atoms with Crippen LogP contribution in [-0.2, 0) is 22.7 Å². The van der Waals surface area contributed by atoms with E-state index in [1.54, 1.807) is 0 Å². The van der Waals surface area contributed by atoms with Crippen molar-refractivity contribution in [3.63, 3.8) is 0 Å². The fourth-order valence-electron chi connectivity index (χ4n) is 3.35. The van der Waals surface area contributed by atoms with Crippen molar-refractivity contribution in [3.8, 4) is 5.75 Å². The van der Waals surface area contributed by atoms with Crippen LogP contribution in [0, 0.1) is 0 Å². The Balaban J connectivity index is 1.90. The minimum absolute atomic E-state index is 0.283. The summed E-state index contributed by atoms with van der Waals surface area (Å²) in [6, 6.07) is 7.84. The van der Waals surface area contributed by atoms with E-state index in [0.29, 0.717) is 25.9 Å². The van der Waals surface area contributed by atoms with Crippen LogP contribution >= 0.6 is 0 Å². The summed E-state index contributed by atoms with van der Waals surface area (Å²) in [5.41, 5.74) is 1.14. The average Bonchev–Trinajstić information content (AvgIpc) is 2.87. The zero-order valence-electron chi connectivity index (χ0n) is 17.1. The van der Waals surface area contributed by atoms with Crippen molar-refractivity contribution in [2.24, 2.45) is 4.40 Å². The lowest BCUT2D eigenvalue weighted by molar-refractivity contribution is 0.0923. The first-order valence-corrected chi connectivity index (χ1v) is 11.6. The molecule has 0 aromatic heterocycles. The van der Waals surface area contributed by atoms with Gasteiger partial charge in [-0.1, -0.05) is 16.5 Å². The Morgan fingerprint density at radius 3 is 2.15 bits per heavy atom. The summed E-state index contributed by atoms with van der Waals surface area (Å²) in [4.78, 5) is 0. The fourth-order valence-corrected chi connectivity index (χ4v) is 5.34. The largest absolute Gasteiger partial charge is 0.598 e. The molecule has 3 rings (SSSR count). The van der Waals surface area contributed by atoms with Gasteiger partial charge in [-0.05, 0) is 53.7 Å². The fraction of sp³-hybridized carbons (Fsp3) is 0.650. The lowest BCUT2D eigenvalue weighted by Gasteiger charge is -2.40. The van der Waals surface area contributed by atoms with Gasteiger partial charge in [0.05, 0.1) is 0 Å². The molecule has 1 spiro atoms. The van der Waals surface area contributed by atoms with Crippen molar-refractivity contribution in [1.29, 1.82) is 0 Å². The Bertz CT molecular complexity index is 717. The first-order valence-electron chi connectivity index (χ1n) is 9.41. The van der Waals surface area contributed by atoms with Gasteiger partial charge in [0.1, 0.15) is 32.3 Å². The Hall–Kier alpha value is -0.730. The van der Waals surface area contributed by atoms with E-state index in [1.807, 2.05) is 70.1 Å². The highest BCUT2D eigenvalue weighted by molar-refractivity contribution is 7.91. The zero-order valence-corrected chi connectivity index (χ0v) is 18.7. The molecule has 7 heteroatoms. The molecular formula is C20H30N2O3S2. The third-order valence-electron chi connectivity index (χ3n) is 4.87. The summed E-state index contributed by atoms with van der Waals surface area (Å²) < 4.78 is 37.9. The van der Waals surface area contributed by atoms with E-state index in [2.05, 4.69) is 4.40 Å². The number of nitrogens with zero attached hydrogens (tertiary/aromatic N) is 2. The maximum absolute atomic E-state index is 12.8. The highest BCUT2D eigenvalue weighted by Gasteiger charge is 2.52. The summed E-state index contributed by atoms with van der Waals surface area (Å²) in [6.45, 7) is 13.1. The molecule has 150 valence electrons. The number of hydrogen-bond acceptors (Lipinski definition) is 5. The van der Waals surface area contributed by atoms with Gasteiger partial charge in [-0.3, -0.25) is 0 Å². The molecule has 27 heavy (non-hydrogen) atoms. The van der Waals surface area contributed by atoms with Crippen LogP contribution in [0.3, 0.4) is 0 Å². The average molecular weight is 411 g/mol. The van der Waals surface area contributed by atoms with Crippen LogP contribution in [-0.4, -0.2) is 47.3 Å². The standard InChI is InChI=1S/C20H30N2O3S2/c1-18(2,3)26(23)21-17-15-9-7-8-10-16(15)25-20(17)11-13-22(14-12-20)27(24)19(4,5)6/h7-10H,11-14H2,1-6H3. The van der Waals surface area contributed by atoms with Gasteiger partial charge in [0.2, 0.25) is 0 Å². The predicted molar refractivity (Wildman–Crippen MR) is 113 cm³/mol. The third kappa shape index (κ3) is 4.17. The minimum atomic E-state index is -1.36. The van der Waals surface area contributed by atoms with Crippen LogP contribution in [0.5, 0.6) is 5.75 Å². The van der Waals surface area contributed by atoms with Crippen LogP contribution in [0.1, 0.15) is 59.9 Å². The maximum atomic E-state index is 12.8. The van der Waals surface area contributed by atoms with Gasteiger partial charge < -0.3 is 13.8 Å². The van der Waals surface area contributed by atoms with Gasteiger partial charge >= 0.3 is 0 Å². The molecule has 0 aliphatic carbocycles. The van der Waals surface area contributed by atoms with Crippen LogP contribution in [0.2, 0.25) is 0 Å². The lowest BCUT2D eigenvalue weighted by Crippen LogP contribution is -2.55. The van der Waals surface area contributed by atoms with E-state index in [1.165, 1.54) is 0 Å². The van der Waals surface area contributed by atoms with E-state index in [-0.39, 0.29) is 4.75 Å². The molecule has 0 radical (unpaired) electrons. The van der Waals surface area contributed by atoms with Gasteiger partial charge in [-0.2, -0.15) is 0 Å². The number of hydrogen-bond donors (Lipinski definition) is 0. The topological polar surface area (TPSA) is 71.0 Å². The molecule has 0 bridgehead atoms. The van der Waals surface area contributed by atoms with E-state index in [4.69, 9.17) is 4.74 Å². The van der Waals surface area contributed by atoms with Gasteiger partial charge in [-0.15, -0.1) is 4.31 Å². The summed E-state index contributed by atoms with van der Waals surface area (Å²) in [6.07, 6.45) is 1.37. The number of rotatable bonds is 2. The first kappa shape index (κ1) is 21.0. The summed E-state index contributed by atoms with van der Waals surface area (Å²) in [7, 11) is 0. The highest BCUT2D eigenvalue weighted by atomic mass is 32.2. The Kier molecular flexibility index (Phi) is 5.65. The first-order chi connectivity index (χ1) is 12.4. The van der Waals surface area contributed by atoms with Crippen LogP contribution in [0.25, 0.3) is 0 Å². The van der Waals surface area contributed by atoms with Crippen LogP contribution < -0.4 is 4.74 Å². The normalized spacial score (nSPS) is 23.9. The molecule has 2 unspecified atom stereocenters. The summed E-state index contributed by atoms with van der Waals surface area (Å²) in [5.74, 6) is 0.799. The molecule has 0 N–H and O–H groups in total. The van der Waals surface area contributed by atoms with Crippen LogP contribution in [0.4, 0.5) is 0 Å². The smallest absolute Gasteiger partial charge is 0.159 e. The molecule has 2 aliphatic rings. The van der Waals surface area contributed by atoms with E-state index < -0.39 is 33.1 Å². The predicted octanol–water partition coefficient (Wildman–Crippen LogP) is 3.63.